The Morgan fingerprint density at radius 1 is 1.50 bits per heavy atom. The molecule has 0 radical (unpaired) electrons. The van der Waals surface area contributed by atoms with Crippen LogP contribution in [-0.2, 0) is 0 Å². The van der Waals surface area contributed by atoms with Crippen molar-refractivity contribution in [1.82, 2.24) is 10.3 Å². The molecule has 1 aliphatic carbocycles. The number of nitrogens with zero attached hydrogens (tertiary/aromatic N) is 1. The van der Waals surface area contributed by atoms with E-state index in [0.29, 0.717) is 12.6 Å². The standard InChI is InChI=1S/C12H20N2OS/c1-10(11-7-13-9-16-11)14-8-12(15)5-3-2-4-6-12/h7,9-10,14-15H,2-6,8H2,1H3. The summed E-state index contributed by atoms with van der Waals surface area (Å²) in [6.45, 7) is 2.83. The fourth-order valence-electron chi connectivity index (χ4n) is 2.27. The highest BCUT2D eigenvalue weighted by atomic mass is 32.1. The molecule has 0 saturated heterocycles. The van der Waals surface area contributed by atoms with Gasteiger partial charge in [-0.1, -0.05) is 19.3 Å². The van der Waals surface area contributed by atoms with Gasteiger partial charge in [0, 0.05) is 23.7 Å². The summed E-state index contributed by atoms with van der Waals surface area (Å²) in [4.78, 5) is 5.31. The Hall–Kier alpha value is -0.450. The van der Waals surface area contributed by atoms with Gasteiger partial charge in [-0.05, 0) is 19.8 Å². The number of aliphatic hydroxyl groups is 1. The second-order valence-electron chi connectivity index (χ2n) is 4.79. The minimum atomic E-state index is -0.475. The molecular weight excluding hydrogens is 220 g/mol. The quantitative estimate of drug-likeness (QED) is 0.850. The van der Waals surface area contributed by atoms with E-state index in [2.05, 4.69) is 17.2 Å². The summed E-state index contributed by atoms with van der Waals surface area (Å²) in [6.07, 6.45) is 7.37. The number of rotatable bonds is 4. The van der Waals surface area contributed by atoms with Crippen molar-refractivity contribution in [3.05, 3.63) is 16.6 Å². The number of thiazole rings is 1. The summed E-state index contributed by atoms with van der Waals surface area (Å²) in [5.74, 6) is 0. The van der Waals surface area contributed by atoms with Crippen LogP contribution < -0.4 is 5.32 Å². The van der Waals surface area contributed by atoms with Crippen molar-refractivity contribution in [3.63, 3.8) is 0 Å². The monoisotopic (exact) mass is 240 g/mol. The van der Waals surface area contributed by atoms with Crippen LogP contribution in [-0.4, -0.2) is 22.2 Å². The van der Waals surface area contributed by atoms with Crippen molar-refractivity contribution < 1.29 is 5.11 Å². The van der Waals surface area contributed by atoms with Crippen LogP contribution in [0.3, 0.4) is 0 Å². The Morgan fingerprint density at radius 3 is 2.88 bits per heavy atom. The van der Waals surface area contributed by atoms with Crippen molar-refractivity contribution in [1.29, 1.82) is 0 Å². The lowest BCUT2D eigenvalue weighted by Gasteiger charge is -2.33. The summed E-state index contributed by atoms with van der Waals surface area (Å²) in [5.41, 5.74) is 1.38. The fourth-order valence-corrected chi connectivity index (χ4v) is 2.92. The molecule has 0 aromatic carbocycles. The van der Waals surface area contributed by atoms with E-state index in [9.17, 15) is 5.11 Å². The molecule has 2 rings (SSSR count). The Kier molecular flexibility index (Phi) is 3.95. The third-order valence-corrected chi connectivity index (χ3v) is 4.36. The molecule has 1 aliphatic rings. The zero-order chi connectivity index (χ0) is 11.4. The molecule has 90 valence electrons. The van der Waals surface area contributed by atoms with E-state index in [0.717, 1.165) is 25.7 Å². The summed E-state index contributed by atoms with van der Waals surface area (Å²) in [5, 5.41) is 13.8. The Balaban J connectivity index is 1.82. The molecule has 3 nitrogen and oxygen atoms in total. The maximum Gasteiger partial charge on any atom is 0.0794 e. The first-order chi connectivity index (χ1) is 7.70. The predicted octanol–water partition coefficient (Wildman–Crippen LogP) is 2.49. The third-order valence-electron chi connectivity index (χ3n) is 3.40. The molecule has 0 bridgehead atoms. The lowest BCUT2D eigenvalue weighted by molar-refractivity contribution is 0.00307. The van der Waals surface area contributed by atoms with Crippen molar-refractivity contribution in [3.8, 4) is 0 Å². The topological polar surface area (TPSA) is 45.1 Å². The van der Waals surface area contributed by atoms with Crippen LogP contribution in [0.25, 0.3) is 0 Å². The second kappa shape index (κ2) is 5.25. The number of aromatic nitrogens is 1. The van der Waals surface area contributed by atoms with Crippen LogP contribution in [0.15, 0.2) is 11.7 Å². The maximum atomic E-state index is 10.3. The average molecular weight is 240 g/mol. The number of hydrogen-bond acceptors (Lipinski definition) is 4. The Bertz CT molecular complexity index is 307. The molecule has 1 aromatic heterocycles. The van der Waals surface area contributed by atoms with Gasteiger partial charge in [0.1, 0.15) is 0 Å². The van der Waals surface area contributed by atoms with Gasteiger partial charge in [-0.3, -0.25) is 4.98 Å². The minimum Gasteiger partial charge on any atom is -0.389 e. The molecule has 0 amide bonds. The van der Waals surface area contributed by atoms with E-state index in [4.69, 9.17) is 0 Å². The van der Waals surface area contributed by atoms with E-state index >= 15 is 0 Å². The van der Waals surface area contributed by atoms with Gasteiger partial charge in [0.25, 0.3) is 0 Å². The van der Waals surface area contributed by atoms with Crippen LogP contribution in [0, 0.1) is 0 Å². The zero-order valence-electron chi connectivity index (χ0n) is 9.78. The third kappa shape index (κ3) is 3.03. The molecule has 1 fully saturated rings. The molecule has 1 unspecified atom stereocenters. The van der Waals surface area contributed by atoms with Gasteiger partial charge in [0.05, 0.1) is 11.1 Å². The summed E-state index contributed by atoms with van der Waals surface area (Å²) in [6, 6.07) is 0.290. The number of hydrogen-bond donors (Lipinski definition) is 2. The van der Waals surface area contributed by atoms with E-state index in [1.165, 1.54) is 11.3 Å². The van der Waals surface area contributed by atoms with Gasteiger partial charge in [-0.2, -0.15) is 0 Å². The van der Waals surface area contributed by atoms with Crippen molar-refractivity contribution in [2.24, 2.45) is 0 Å². The summed E-state index contributed by atoms with van der Waals surface area (Å²) < 4.78 is 0. The van der Waals surface area contributed by atoms with E-state index in [1.807, 2.05) is 11.7 Å². The van der Waals surface area contributed by atoms with Crippen molar-refractivity contribution in [2.75, 3.05) is 6.54 Å². The highest BCUT2D eigenvalue weighted by Gasteiger charge is 2.29. The van der Waals surface area contributed by atoms with Gasteiger partial charge in [0.15, 0.2) is 0 Å². The highest BCUT2D eigenvalue weighted by Crippen LogP contribution is 2.28. The van der Waals surface area contributed by atoms with Crippen molar-refractivity contribution in [2.45, 2.75) is 50.7 Å². The molecule has 1 atom stereocenters. The first kappa shape index (κ1) is 12.0. The second-order valence-corrected chi connectivity index (χ2v) is 5.71. The normalized spacial score (nSPS) is 21.9. The van der Waals surface area contributed by atoms with Gasteiger partial charge in [-0.15, -0.1) is 11.3 Å². The summed E-state index contributed by atoms with van der Waals surface area (Å²) >= 11 is 1.66. The smallest absolute Gasteiger partial charge is 0.0794 e. The van der Waals surface area contributed by atoms with Gasteiger partial charge < -0.3 is 10.4 Å². The molecule has 1 saturated carbocycles. The lowest BCUT2D eigenvalue weighted by Crippen LogP contribution is -2.42. The maximum absolute atomic E-state index is 10.3. The van der Waals surface area contributed by atoms with E-state index < -0.39 is 5.60 Å². The molecule has 4 heteroatoms. The van der Waals surface area contributed by atoms with Gasteiger partial charge in [-0.25, -0.2) is 0 Å². The lowest BCUT2D eigenvalue weighted by atomic mass is 9.85. The molecule has 1 aromatic rings. The van der Waals surface area contributed by atoms with Crippen LogP contribution in [0.2, 0.25) is 0 Å². The van der Waals surface area contributed by atoms with Crippen LogP contribution in [0.4, 0.5) is 0 Å². The Morgan fingerprint density at radius 2 is 2.25 bits per heavy atom. The van der Waals surface area contributed by atoms with Crippen LogP contribution in [0.5, 0.6) is 0 Å². The fraction of sp³-hybridized carbons (Fsp3) is 0.750. The molecule has 0 aliphatic heterocycles. The first-order valence-electron chi connectivity index (χ1n) is 6.04. The number of nitrogens with one attached hydrogen (secondary N) is 1. The van der Waals surface area contributed by atoms with Crippen LogP contribution >= 0.6 is 11.3 Å². The Labute approximate surface area is 101 Å². The highest BCUT2D eigenvalue weighted by molar-refractivity contribution is 7.09. The van der Waals surface area contributed by atoms with Crippen molar-refractivity contribution >= 4 is 11.3 Å². The zero-order valence-corrected chi connectivity index (χ0v) is 10.6. The van der Waals surface area contributed by atoms with Gasteiger partial charge >= 0.3 is 0 Å². The van der Waals surface area contributed by atoms with E-state index in [1.54, 1.807) is 11.3 Å². The van der Waals surface area contributed by atoms with Crippen LogP contribution in [0.1, 0.15) is 49.9 Å². The predicted molar refractivity (Wildman–Crippen MR) is 66.6 cm³/mol. The minimum absolute atomic E-state index is 0.290. The average Bonchev–Trinajstić information content (AvgIpc) is 2.80. The van der Waals surface area contributed by atoms with Gasteiger partial charge in [0.2, 0.25) is 0 Å². The molecule has 2 N–H and O–H groups in total. The largest absolute Gasteiger partial charge is 0.389 e. The molecule has 1 heterocycles. The molecular formula is C12H20N2OS. The molecule has 16 heavy (non-hydrogen) atoms. The molecule has 0 spiro atoms. The summed E-state index contributed by atoms with van der Waals surface area (Å²) in [7, 11) is 0. The first-order valence-corrected chi connectivity index (χ1v) is 6.92. The van der Waals surface area contributed by atoms with E-state index in [-0.39, 0.29) is 0 Å². The SMILES string of the molecule is CC(NCC1(O)CCCCC1)c1cncs1.